The summed E-state index contributed by atoms with van der Waals surface area (Å²) < 4.78 is 11.6. The molecule has 0 saturated heterocycles. The van der Waals surface area contributed by atoms with Gasteiger partial charge < -0.3 is 14.8 Å². The molecule has 0 aliphatic heterocycles. The van der Waals surface area contributed by atoms with Crippen LogP contribution in [-0.2, 0) is 11.2 Å². The monoisotopic (exact) mass is 352 g/mol. The first-order chi connectivity index (χ1) is 12.6. The maximum absolute atomic E-state index is 11.3. The zero-order valence-electron chi connectivity index (χ0n) is 15.2. The second kappa shape index (κ2) is 10.1. The summed E-state index contributed by atoms with van der Waals surface area (Å²) in [5.41, 5.74) is 3.35. The quantitative estimate of drug-likeness (QED) is 0.703. The lowest BCUT2D eigenvalue weighted by Crippen LogP contribution is -2.25. The summed E-state index contributed by atoms with van der Waals surface area (Å²) in [6, 6.07) is 15.7. The number of rotatable bonds is 9. The zero-order chi connectivity index (χ0) is 18.8. The van der Waals surface area contributed by atoms with Gasteiger partial charge >= 0.3 is 0 Å². The molecule has 0 fully saturated rings. The van der Waals surface area contributed by atoms with E-state index in [4.69, 9.17) is 14.7 Å². The molecule has 26 heavy (non-hydrogen) atoms. The number of para-hydroxylation sites is 1. The fraction of sp³-hybridized carbons (Fsp3) is 0.333. The van der Waals surface area contributed by atoms with Crippen molar-refractivity contribution in [1.29, 1.82) is 5.26 Å². The third-order valence-corrected chi connectivity index (χ3v) is 3.73. The molecule has 0 radical (unpaired) electrons. The molecule has 2 aromatic carbocycles. The summed E-state index contributed by atoms with van der Waals surface area (Å²) in [5, 5.41) is 11.2. The van der Waals surface area contributed by atoms with Crippen LogP contribution < -0.4 is 14.8 Å². The molecule has 136 valence electrons. The molecule has 0 aliphatic carbocycles. The fourth-order valence-electron chi connectivity index (χ4n) is 2.65. The summed E-state index contributed by atoms with van der Waals surface area (Å²) in [6.07, 6.45) is 0.527. The van der Waals surface area contributed by atoms with Gasteiger partial charge in [-0.05, 0) is 55.2 Å². The van der Waals surface area contributed by atoms with Crippen molar-refractivity contribution in [2.24, 2.45) is 0 Å². The number of amides is 1. The first-order valence-electron chi connectivity index (χ1n) is 8.64. The number of nitrogens with one attached hydrogen (secondary N) is 1. The fourth-order valence-corrected chi connectivity index (χ4v) is 2.65. The highest BCUT2D eigenvalue weighted by Gasteiger charge is 2.05. The Morgan fingerprint density at radius 1 is 1.08 bits per heavy atom. The van der Waals surface area contributed by atoms with E-state index in [2.05, 4.69) is 11.4 Å². The molecular weight excluding hydrogens is 328 g/mol. The highest BCUT2D eigenvalue weighted by molar-refractivity contribution is 5.77. The molecule has 2 aromatic rings. The van der Waals surface area contributed by atoms with E-state index in [1.54, 1.807) is 0 Å². The van der Waals surface area contributed by atoms with Crippen molar-refractivity contribution in [3.8, 4) is 17.6 Å². The third kappa shape index (κ3) is 6.48. The maximum Gasteiger partial charge on any atom is 0.234 e. The number of benzene rings is 2. The van der Waals surface area contributed by atoms with Gasteiger partial charge in [-0.15, -0.1) is 0 Å². The minimum absolute atomic E-state index is 0.117. The minimum atomic E-state index is -0.257. The topological polar surface area (TPSA) is 71.3 Å². The molecule has 0 unspecified atom stereocenters. The Hall–Kier alpha value is -3.00. The summed E-state index contributed by atoms with van der Waals surface area (Å²) in [6.45, 7) is 5.45. The lowest BCUT2D eigenvalue weighted by atomic mass is 10.1. The molecule has 0 aliphatic rings. The summed E-state index contributed by atoms with van der Waals surface area (Å²) in [7, 11) is 0. The van der Waals surface area contributed by atoms with Crippen LogP contribution in [0.4, 0.5) is 0 Å². The van der Waals surface area contributed by atoms with Crippen molar-refractivity contribution >= 4 is 5.91 Å². The average molecular weight is 352 g/mol. The molecule has 5 heteroatoms. The number of carbonyl (C=O) groups is 1. The van der Waals surface area contributed by atoms with Crippen molar-refractivity contribution in [2.45, 2.75) is 26.7 Å². The van der Waals surface area contributed by atoms with Gasteiger partial charge in [0, 0.05) is 6.54 Å². The highest BCUT2D eigenvalue weighted by Crippen LogP contribution is 2.19. The molecule has 5 nitrogen and oxygen atoms in total. The average Bonchev–Trinajstić information content (AvgIpc) is 2.59. The predicted octanol–water partition coefficient (Wildman–Crippen LogP) is 3.33. The van der Waals surface area contributed by atoms with Crippen LogP contribution in [0.25, 0.3) is 0 Å². The van der Waals surface area contributed by atoms with E-state index >= 15 is 0 Å². The third-order valence-electron chi connectivity index (χ3n) is 3.73. The number of ether oxygens (including phenoxy) is 2. The zero-order valence-corrected chi connectivity index (χ0v) is 15.2. The van der Waals surface area contributed by atoms with Gasteiger partial charge in [-0.1, -0.05) is 24.3 Å². The van der Waals surface area contributed by atoms with Crippen LogP contribution in [0.2, 0.25) is 0 Å². The molecule has 2 rings (SSSR count). The lowest BCUT2D eigenvalue weighted by Gasteiger charge is -2.13. The molecule has 0 bridgehead atoms. The van der Waals surface area contributed by atoms with Crippen LogP contribution in [0.3, 0.4) is 0 Å². The van der Waals surface area contributed by atoms with Crippen molar-refractivity contribution < 1.29 is 14.3 Å². The predicted molar refractivity (Wildman–Crippen MR) is 100 cm³/mol. The van der Waals surface area contributed by atoms with Gasteiger partial charge in [0.15, 0.2) is 0 Å². The van der Waals surface area contributed by atoms with Crippen molar-refractivity contribution in [3.05, 3.63) is 59.2 Å². The van der Waals surface area contributed by atoms with E-state index in [1.807, 2.05) is 56.3 Å². The van der Waals surface area contributed by atoms with Gasteiger partial charge in [0.2, 0.25) is 5.91 Å². The highest BCUT2D eigenvalue weighted by atomic mass is 16.5. The van der Waals surface area contributed by atoms with E-state index in [1.165, 1.54) is 11.1 Å². The molecule has 0 atom stereocenters. The minimum Gasteiger partial charge on any atom is -0.490 e. The molecular formula is C21H24N2O3. The number of carbonyl (C=O) groups excluding carboxylic acids is 1. The van der Waals surface area contributed by atoms with Gasteiger partial charge in [-0.25, -0.2) is 0 Å². The first-order valence-corrected chi connectivity index (χ1v) is 8.64. The molecule has 0 spiro atoms. The Balaban J connectivity index is 1.80. The van der Waals surface area contributed by atoms with E-state index in [-0.39, 0.29) is 12.3 Å². The van der Waals surface area contributed by atoms with Gasteiger partial charge in [0.25, 0.3) is 0 Å². The van der Waals surface area contributed by atoms with Gasteiger partial charge in [0.1, 0.15) is 31.1 Å². The van der Waals surface area contributed by atoms with E-state index in [0.717, 1.165) is 17.1 Å². The Bertz CT molecular complexity index is 761. The summed E-state index contributed by atoms with van der Waals surface area (Å²) in [4.78, 5) is 11.3. The van der Waals surface area contributed by atoms with E-state index in [0.29, 0.717) is 26.2 Å². The molecule has 1 amide bonds. The van der Waals surface area contributed by atoms with Crippen LogP contribution in [0.15, 0.2) is 42.5 Å². The Morgan fingerprint density at radius 2 is 1.77 bits per heavy atom. The van der Waals surface area contributed by atoms with Gasteiger partial charge in [-0.3, -0.25) is 4.79 Å². The molecule has 0 saturated carbocycles. The van der Waals surface area contributed by atoms with Gasteiger partial charge in [-0.2, -0.15) is 5.26 Å². The number of nitrogens with zero attached hydrogens (tertiary/aromatic N) is 1. The van der Waals surface area contributed by atoms with Crippen molar-refractivity contribution in [3.63, 3.8) is 0 Å². The lowest BCUT2D eigenvalue weighted by molar-refractivity contribution is -0.120. The van der Waals surface area contributed by atoms with Crippen LogP contribution in [0.1, 0.15) is 23.1 Å². The largest absolute Gasteiger partial charge is 0.490 e. The normalized spacial score (nSPS) is 10.0. The molecule has 0 heterocycles. The van der Waals surface area contributed by atoms with Crippen LogP contribution in [0, 0.1) is 25.2 Å². The maximum atomic E-state index is 11.3. The second-order valence-electron chi connectivity index (χ2n) is 6.06. The van der Waals surface area contributed by atoms with E-state index in [9.17, 15) is 4.79 Å². The summed E-state index contributed by atoms with van der Waals surface area (Å²) in [5.74, 6) is 1.37. The first kappa shape index (κ1) is 19.3. The Kier molecular flexibility index (Phi) is 7.50. The van der Waals surface area contributed by atoms with Crippen LogP contribution in [-0.4, -0.2) is 25.7 Å². The molecule has 1 N–H and O–H groups in total. The standard InChI is InChI=1S/C21H24N2O3/c1-16-13-17(2)15-19(14-16)25-11-12-26-20-6-4-3-5-18(20)8-10-23-21(24)7-9-22/h3-6,13-15H,7-8,10-12H2,1-2H3,(H,23,24). The smallest absolute Gasteiger partial charge is 0.234 e. The van der Waals surface area contributed by atoms with Crippen LogP contribution in [0.5, 0.6) is 11.5 Å². The number of aryl methyl sites for hydroxylation is 2. The SMILES string of the molecule is Cc1cc(C)cc(OCCOc2ccccc2CCNC(=O)CC#N)c1. The Labute approximate surface area is 154 Å². The van der Waals surface area contributed by atoms with Crippen molar-refractivity contribution in [2.75, 3.05) is 19.8 Å². The summed E-state index contributed by atoms with van der Waals surface area (Å²) >= 11 is 0. The number of nitriles is 1. The van der Waals surface area contributed by atoms with E-state index < -0.39 is 0 Å². The van der Waals surface area contributed by atoms with Gasteiger partial charge in [0.05, 0.1) is 6.07 Å². The number of hydrogen-bond acceptors (Lipinski definition) is 4. The molecule has 0 aromatic heterocycles. The Morgan fingerprint density at radius 3 is 2.50 bits per heavy atom. The van der Waals surface area contributed by atoms with Crippen LogP contribution >= 0.6 is 0 Å². The second-order valence-corrected chi connectivity index (χ2v) is 6.06. The number of hydrogen-bond donors (Lipinski definition) is 1. The van der Waals surface area contributed by atoms with Crippen molar-refractivity contribution in [1.82, 2.24) is 5.32 Å².